The Morgan fingerprint density at radius 2 is 1.95 bits per heavy atom. The van der Waals surface area contributed by atoms with Crippen molar-refractivity contribution in [2.45, 2.75) is 39.2 Å². The molecule has 1 aromatic rings. The predicted octanol–water partition coefficient (Wildman–Crippen LogP) is 2.88. The third-order valence-electron chi connectivity index (χ3n) is 4.14. The number of piperidine rings is 1. The fourth-order valence-electron chi connectivity index (χ4n) is 3.07. The second-order valence-corrected chi connectivity index (χ2v) is 6.27. The molecule has 2 unspecified atom stereocenters. The summed E-state index contributed by atoms with van der Waals surface area (Å²) in [5.41, 5.74) is 2.15. The van der Waals surface area contributed by atoms with E-state index in [9.17, 15) is 14.7 Å². The lowest BCUT2D eigenvalue weighted by atomic mass is 9.84. The molecule has 0 saturated carbocycles. The maximum atomic E-state index is 11.9. The van der Waals surface area contributed by atoms with Crippen LogP contribution in [-0.2, 0) is 16.0 Å². The minimum Gasteiger partial charge on any atom is -0.481 e. The van der Waals surface area contributed by atoms with Crippen LogP contribution < -0.4 is 0 Å². The van der Waals surface area contributed by atoms with Gasteiger partial charge in [-0.15, -0.1) is 0 Å². The van der Waals surface area contributed by atoms with E-state index in [1.807, 2.05) is 24.3 Å². The van der Waals surface area contributed by atoms with Gasteiger partial charge in [-0.2, -0.15) is 0 Å². The Labute approximate surface area is 125 Å². The Hall–Kier alpha value is -1.84. The van der Waals surface area contributed by atoms with Gasteiger partial charge in [0.1, 0.15) is 0 Å². The molecule has 2 atom stereocenters. The largest absolute Gasteiger partial charge is 0.481 e. The lowest BCUT2D eigenvalue weighted by molar-refractivity contribution is -0.150. The van der Waals surface area contributed by atoms with Gasteiger partial charge in [0, 0.05) is 13.5 Å². The van der Waals surface area contributed by atoms with Crippen molar-refractivity contribution in [1.82, 2.24) is 4.90 Å². The first-order chi connectivity index (χ1) is 9.90. The summed E-state index contributed by atoms with van der Waals surface area (Å²) in [4.78, 5) is 24.9. The molecular formula is C17H23NO3. The Morgan fingerprint density at radius 3 is 2.48 bits per heavy atom. The van der Waals surface area contributed by atoms with Crippen LogP contribution >= 0.6 is 0 Å². The zero-order chi connectivity index (χ0) is 15.6. The molecule has 1 aliphatic heterocycles. The van der Waals surface area contributed by atoms with Gasteiger partial charge in [0.2, 0.25) is 5.91 Å². The summed E-state index contributed by atoms with van der Waals surface area (Å²) in [6, 6.07) is 7.65. The average molecular weight is 289 g/mol. The van der Waals surface area contributed by atoms with E-state index >= 15 is 0 Å². The lowest BCUT2D eigenvalue weighted by Gasteiger charge is -2.37. The maximum Gasteiger partial charge on any atom is 0.308 e. The van der Waals surface area contributed by atoms with E-state index in [-0.39, 0.29) is 11.9 Å². The quantitative estimate of drug-likeness (QED) is 0.927. The number of hydrogen-bond donors (Lipinski definition) is 1. The van der Waals surface area contributed by atoms with Crippen molar-refractivity contribution in [2.75, 3.05) is 7.05 Å². The van der Waals surface area contributed by atoms with Crippen LogP contribution in [0.25, 0.3) is 0 Å². The summed E-state index contributed by atoms with van der Waals surface area (Å²) < 4.78 is 0. The lowest BCUT2D eigenvalue weighted by Crippen LogP contribution is -2.42. The number of likely N-dealkylation sites (tertiary alicyclic amines) is 1. The van der Waals surface area contributed by atoms with Crippen LogP contribution in [0.4, 0.5) is 0 Å². The zero-order valence-corrected chi connectivity index (χ0v) is 12.9. The molecule has 1 fully saturated rings. The monoisotopic (exact) mass is 289 g/mol. The summed E-state index contributed by atoms with van der Waals surface area (Å²) >= 11 is 0. The first kappa shape index (κ1) is 15.5. The molecule has 2 rings (SSSR count). The molecule has 1 heterocycles. The highest BCUT2D eigenvalue weighted by atomic mass is 16.4. The smallest absolute Gasteiger partial charge is 0.308 e. The first-order valence-corrected chi connectivity index (χ1v) is 7.47. The molecule has 1 aromatic carbocycles. The zero-order valence-electron chi connectivity index (χ0n) is 12.9. The van der Waals surface area contributed by atoms with Gasteiger partial charge in [-0.25, -0.2) is 0 Å². The van der Waals surface area contributed by atoms with Gasteiger partial charge >= 0.3 is 5.97 Å². The van der Waals surface area contributed by atoms with Gasteiger partial charge in [0.05, 0.1) is 12.0 Å². The van der Waals surface area contributed by atoms with Crippen molar-refractivity contribution < 1.29 is 14.7 Å². The van der Waals surface area contributed by atoms with Crippen molar-refractivity contribution in [3.05, 3.63) is 35.4 Å². The Morgan fingerprint density at radius 1 is 1.33 bits per heavy atom. The van der Waals surface area contributed by atoms with Gasteiger partial charge in [-0.3, -0.25) is 9.59 Å². The summed E-state index contributed by atoms with van der Waals surface area (Å²) in [6.07, 6.45) is 1.73. The molecule has 0 spiro atoms. The number of carbonyl (C=O) groups excluding carboxylic acids is 1. The number of nitrogens with zero attached hydrogens (tertiary/aromatic N) is 1. The van der Waals surface area contributed by atoms with Gasteiger partial charge in [0.25, 0.3) is 0 Å². The van der Waals surface area contributed by atoms with E-state index in [1.54, 1.807) is 11.9 Å². The maximum absolute atomic E-state index is 11.9. The molecule has 4 heteroatoms. The standard InChI is InChI=1S/C17H23NO3/c1-11(2)10-12-4-6-13(7-5-12)16-14(17(20)21)8-9-15(19)18(16)3/h4-7,11,14,16H,8-10H2,1-3H3,(H,20,21). The highest BCUT2D eigenvalue weighted by Crippen LogP contribution is 2.36. The van der Waals surface area contributed by atoms with Gasteiger partial charge < -0.3 is 10.0 Å². The van der Waals surface area contributed by atoms with E-state index in [0.29, 0.717) is 18.8 Å². The summed E-state index contributed by atoms with van der Waals surface area (Å²) in [7, 11) is 1.70. The van der Waals surface area contributed by atoms with Crippen LogP contribution in [0.15, 0.2) is 24.3 Å². The predicted molar refractivity (Wildman–Crippen MR) is 80.9 cm³/mol. The topological polar surface area (TPSA) is 57.6 Å². The highest BCUT2D eigenvalue weighted by molar-refractivity contribution is 5.81. The van der Waals surface area contributed by atoms with E-state index in [1.165, 1.54) is 5.56 Å². The molecular weight excluding hydrogens is 266 g/mol. The van der Waals surface area contributed by atoms with Crippen molar-refractivity contribution >= 4 is 11.9 Å². The number of carboxylic acids is 1. The number of carboxylic acid groups (broad SMARTS) is 1. The van der Waals surface area contributed by atoms with Gasteiger partial charge in [0.15, 0.2) is 0 Å². The van der Waals surface area contributed by atoms with Crippen molar-refractivity contribution in [1.29, 1.82) is 0 Å². The first-order valence-electron chi connectivity index (χ1n) is 7.47. The number of rotatable bonds is 4. The van der Waals surface area contributed by atoms with Gasteiger partial charge in [-0.1, -0.05) is 38.1 Å². The molecule has 0 radical (unpaired) electrons. The van der Waals surface area contributed by atoms with E-state index in [2.05, 4.69) is 13.8 Å². The van der Waals surface area contributed by atoms with Crippen LogP contribution in [0.1, 0.15) is 43.9 Å². The Bertz CT molecular complexity index is 521. The van der Waals surface area contributed by atoms with Crippen molar-refractivity contribution in [3.63, 3.8) is 0 Å². The minimum absolute atomic E-state index is 0.0174. The van der Waals surface area contributed by atoms with E-state index < -0.39 is 11.9 Å². The molecule has 4 nitrogen and oxygen atoms in total. The van der Waals surface area contributed by atoms with Gasteiger partial charge in [-0.05, 0) is 29.9 Å². The molecule has 1 amide bonds. The molecule has 21 heavy (non-hydrogen) atoms. The number of carbonyl (C=O) groups is 2. The molecule has 1 saturated heterocycles. The van der Waals surface area contributed by atoms with E-state index in [4.69, 9.17) is 0 Å². The average Bonchev–Trinajstić information content (AvgIpc) is 2.42. The third kappa shape index (κ3) is 3.43. The Kier molecular flexibility index (Phi) is 4.66. The molecule has 0 aliphatic carbocycles. The fourth-order valence-corrected chi connectivity index (χ4v) is 3.07. The van der Waals surface area contributed by atoms with Crippen molar-refractivity contribution in [3.8, 4) is 0 Å². The molecule has 114 valence electrons. The molecule has 0 aromatic heterocycles. The fraction of sp³-hybridized carbons (Fsp3) is 0.529. The van der Waals surface area contributed by atoms with Crippen molar-refractivity contribution in [2.24, 2.45) is 11.8 Å². The number of aliphatic carboxylic acids is 1. The second-order valence-electron chi connectivity index (χ2n) is 6.27. The Balaban J connectivity index is 2.27. The molecule has 1 N–H and O–H groups in total. The summed E-state index contributed by atoms with van der Waals surface area (Å²) in [5.74, 6) is -0.750. The normalized spacial score (nSPS) is 22.7. The number of benzene rings is 1. The molecule has 0 bridgehead atoms. The van der Waals surface area contributed by atoms with Crippen LogP contribution in [-0.4, -0.2) is 28.9 Å². The van der Waals surface area contributed by atoms with Crippen LogP contribution in [0.5, 0.6) is 0 Å². The summed E-state index contributed by atoms with van der Waals surface area (Å²) in [5, 5.41) is 9.41. The van der Waals surface area contributed by atoms with Crippen LogP contribution in [0, 0.1) is 11.8 Å². The third-order valence-corrected chi connectivity index (χ3v) is 4.14. The van der Waals surface area contributed by atoms with Crippen LogP contribution in [0.3, 0.4) is 0 Å². The molecule has 1 aliphatic rings. The van der Waals surface area contributed by atoms with Crippen LogP contribution in [0.2, 0.25) is 0 Å². The second kappa shape index (κ2) is 6.29. The van der Waals surface area contributed by atoms with E-state index in [0.717, 1.165) is 12.0 Å². The SMILES string of the molecule is CC(C)Cc1ccc(C2C(C(=O)O)CCC(=O)N2C)cc1. The minimum atomic E-state index is -0.828. The highest BCUT2D eigenvalue weighted by Gasteiger charge is 2.38. The number of amides is 1. The summed E-state index contributed by atoms with van der Waals surface area (Å²) in [6.45, 7) is 4.34. The number of hydrogen-bond acceptors (Lipinski definition) is 2.